The molecule has 31 heavy (non-hydrogen) atoms. The molecule has 6 heteroatoms. The van der Waals surface area contributed by atoms with Gasteiger partial charge in [0.2, 0.25) is 6.33 Å². The van der Waals surface area contributed by atoms with Gasteiger partial charge in [-0.3, -0.25) is 9.78 Å². The molecule has 3 heterocycles. The molecule has 0 spiro atoms. The Balaban J connectivity index is 1.49. The highest BCUT2D eigenvalue weighted by atomic mass is 16.1. The molecule has 3 N–H and O–H groups in total. The number of aryl methyl sites for hydroxylation is 2. The summed E-state index contributed by atoms with van der Waals surface area (Å²) in [6, 6.07) is 18.3. The molecule has 2 aromatic carbocycles. The minimum absolute atomic E-state index is 0.153. The van der Waals surface area contributed by atoms with Crippen molar-refractivity contribution in [3.8, 4) is 11.3 Å². The van der Waals surface area contributed by atoms with E-state index in [0.29, 0.717) is 12.2 Å². The molecular weight excluding hydrogens is 386 g/mol. The van der Waals surface area contributed by atoms with Crippen LogP contribution in [0.3, 0.4) is 0 Å². The number of pyridine rings is 1. The molecule has 5 aromatic rings. The standard InChI is InChI=1S/C25H23N5O/c1-17-7-9-18(10-8-17)23-24-20(19-5-2-3-6-21(19)28-24)15-22(29-23)25(31)27-11-4-13-30-14-12-26-16-30/h2-3,5-10,12,14-16H,4,11,13H2,1H3,(H2,27,28,29,31)/p+1. The Morgan fingerprint density at radius 2 is 1.94 bits per heavy atom. The van der Waals surface area contributed by atoms with Gasteiger partial charge in [0, 0.05) is 34.8 Å². The molecule has 5 rings (SSSR count). The fourth-order valence-electron chi connectivity index (χ4n) is 3.90. The van der Waals surface area contributed by atoms with Gasteiger partial charge in [0.1, 0.15) is 18.1 Å². The number of aromatic amines is 2. The van der Waals surface area contributed by atoms with E-state index in [1.54, 1.807) is 0 Å². The number of hydrogen-bond donors (Lipinski definition) is 3. The summed E-state index contributed by atoms with van der Waals surface area (Å²) in [4.78, 5) is 24.2. The summed E-state index contributed by atoms with van der Waals surface area (Å²) in [7, 11) is 0. The molecule has 3 aromatic heterocycles. The fraction of sp³-hybridized carbons (Fsp3) is 0.160. The Morgan fingerprint density at radius 3 is 2.74 bits per heavy atom. The minimum atomic E-state index is -0.153. The van der Waals surface area contributed by atoms with E-state index >= 15 is 0 Å². The first kappa shape index (κ1) is 19.1. The zero-order valence-corrected chi connectivity index (χ0v) is 17.4. The molecule has 0 saturated carbocycles. The third kappa shape index (κ3) is 3.80. The molecule has 0 radical (unpaired) electrons. The van der Waals surface area contributed by atoms with Crippen LogP contribution < -0.4 is 9.88 Å². The quantitative estimate of drug-likeness (QED) is 0.291. The monoisotopic (exact) mass is 410 g/mol. The third-order valence-electron chi connectivity index (χ3n) is 5.54. The highest BCUT2D eigenvalue weighted by Gasteiger charge is 2.17. The first-order valence-corrected chi connectivity index (χ1v) is 10.5. The Labute approximate surface area is 180 Å². The molecule has 0 saturated heterocycles. The number of hydrogen-bond acceptors (Lipinski definition) is 2. The highest BCUT2D eigenvalue weighted by Crippen LogP contribution is 2.32. The molecule has 0 fully saturated rings. The predicted molar refractivity (Wildman–Crippen MR) is 122 cm³/mol. The second kappa shape index (κ2) is 8.07. The molecule has 0 aliphatic rings. The molecule has 0 atom stereocenters. The van der Waals surface area contributed by atoms with Crippen molar-refractivity contribution in [1.82, 2.24) is 20.3 Å². The van der Waals surface area contributed by atoms with E-state index in [4.69, 9.17) is 4.98 Å². The van der Waals surface area contributed by atoms with Crippen molar-refractivity contribution < 1.29 is 9.36 Å². The number of para-hydroxylation sites is 1. The molecular formula is C25H24N5O+. The maximum absolute atomic E-state index is 12.9. The van der Waals surface area contributed by atoms with Gasteiger partial charge in [0.05, 0.1) is 17.8 Å². The van der Waals surface area contributed by atoms with Crippen molar-refractivity contribution in [2.24, 2.45) is 0 Å². The molecule has 154 valence electrons. The average Bonchev–Trinajstić information content (AvgIpc) is 3.44. The summed E-state index contributed by atoms with van der Waals surface area (Å²) in [6.07, 6.45) is 6.60. The van der Waals surface area contributed by atoms with Gasteiger partial charge in [-0.1, -0.05) is 48.0 Å². The van der Waals surface area contributed by atoms with Gasteiger partial charge in [-0.15, -0.1) is 0 Å². The summed E-state index contributed by atoms with van der Waals surface area (Å²) < 4.78 is 2.05. The van der Waals surface area contributed by atoms with Crippen LogP contribution in [-0.4, -0.2) is 27.4 Å². The Morgan fingerprint density at radius 1 is 1.10 bits per heavy atom. The summed E-state index contributed by atoms with van der Waals surface area (Å²) in [5.41, 5.74) is 5.38. The molecule has 0 aliphatic heterocycles. The van der Waals surface area contributed by atoms with Gasteiger partial charge in [0.15, 0.2) is 0 Å². The summed E-state index contributed by atoms with van der Waals surface area (Å²) in [5, 5.41) is 5.12. The number of nitrogens with one attached hydrogen (secondary N) is 3. The second-order valence-corrected chi connectivity index (χ2v) is 7.77. The zero-order valence-electron chi connectivity index (χ0n) is 17.4. The normalized spacial score (nSPS) is 11.3. The highest BCUT2D eigenvalue weighted by molar-refractivity contribution is 6.13. The van der Waals surface area contributed by atoms with Crippen LogP contribution in [0.15, 0.2) is 73.3 Å². The minimum Gasteiger partial charge on any atom is -0.353 e. The van der Waals surface area contributed by atoms with Gasteiger partial charge >= 0.3 is 0 Å². The van der Waals surface area contributed by atoms with Crippen molar-refractivity contribution >= 4 is 27.7 Å². The van der Waals surface area contributed by atoms with Crippen LogP contribution in [0.2, 0.25) is 0 Å². The smallest absolute Gasteiger partial charge is 0.269 e. The van der Waals surface area contributed by atoms with Crippen molar-refractivity contribution in [1.29, 1.82) is 0 Å². The lowest BCUT2D eigenvalue weighted by Gasteiger charge is -2.09. The number of imidazole rings is 1. The van der Waals surface area contributed by atoms with Gasteiger partial charge < -0.3 is 10.3 Å². The van der Waals surface area contributed by atoms with Gasteiger partial charge in [-0.05, 0) is 19.1 Å². The summed E-state index contributed by atoms with van der Waals surface area (Å²) in [5.74, 6) is -0.153. The zero-order chi connectivity index (χ0) is 21.2. The van der Waals surface area contributed by atoms with Crippen molar-refractivity contribution in [2.45, 2.75) is 19.9 Å². The Hall–Kier alpha value is -3.93. The van der Waals surface area contributed by atoms with Crippen LogP contribution in [0, 0.1) is 6.92 Å². The largest absolute Gasteiger partial charge is 0.353 e. The summed E-state index contributed by atoms with van der Waals surface area (Å²) in [6.45, 7) is 3.49. The van der Waals surface area contributed by atoms with E-state index < -0.39 is 0 Å². The first-order chi connectivity index (χ1) is 15.2. The Kier molecular flexibility index (Phi) is 4.96. The molecule has 0 unspecified atom stereocenters. The number of carbonyl (C=O) groups is 1. The van der Waals surface area contributed by atoms with Crippen LogP contribution in [0.25, 0.3) is 33.1 Å². The second-order valence-electron chi connectivity index (χ2n) is 7.77. The lowest BCUT2D eigenvalue weighted by Crippen LogP contribution is -2.34. The number of rotatable bonds is 6. The number of H-pyrrole nitrogens is 2. The van der Waals surface area contributed by atoms with E-state index in [1.807, 2.05) is 43.0 Å². The van der Waals surface area contributed by atoms with Gasteiger partial charge in [-0.2, -0.15) is 0 Å². The lowest BCUT2D eigenvalue weighted by molar-refractivity contribution is -0.695. The molecule has 1 amide bonds. The summed E-state index contributed by atoms with van der Waals surface area (Å²) >= 11 is 0. The SMILES string of the molecule is Cc1ccc(-c2nc(C(=O)NCCC[n+]3cc[nH]c3)cc3c2[nH]c2ccccc23)cc1. The Bertz CT molecular complexity index is 1350. The predicted octanol–water partition coefficient (Wildman–Crippen LogP) is 4.13. The first-order valence-electron chi connectivity index (χ1n) is 10.5. The number of amides is 1. The topological polar surface area (TPSA) is 77.5 Å². The van der Waals surface area contributed by atoms with Gasteiger partial charge in [0.25, 0.3) is 5.91 Å². The van der Waals surface area contributed by atoms with Crippen LogP contribution in [-0.2, 0) is 6.54 Å². The number of fused-ring (bicyclic) bond motifs is 3. The average molecular weight is 411 g/mol. The van der Waals surface area contributed by atoms with E-state index in [2.05, 4.69) is 57.1 Å². The maximum Gasteiger partial charge on any atom is 0.269 e. The number of carbonyl (C=O) groups excluding carboxylic acids is 1. The maximum atomic E-state index is 12.9. The van der Waals surface area contributed by atoms with Gasteiger partial charge in [-0.25, -0.2) is 9.55 Å². The van der Waals surface area contributed by atoms with Crippen molar-refractivity contribution in [3.05, 3.63) is 84.6 Å². The number of nitrogens with zero attached hydrogens (tertiary/aromatic N) is 2. The van der Waals surface area contributed by atoms with E-state index in [1.165, 1.54) is 5.56 Å². The van der Waals surface area contributed by atoms with E-state index in [-0.39, 0.29) is 5.91 Å². The van der Waals surface area contributed by atoms with Crippen LogP contribution in [0.5, 0.6) is 0 Å². The van der Waals surface area contributed by atoms with Crippen LogP contribution >= 0.6 is 0 Å². The lowest BCUT2D eigenvalue weighted by atomic mass is 10.1. The van der Waals surface area contributed by atoms with Crippen molar-refractivity contribution in [2.75, 3.05) is 6.54 Å². The number of benzene rings is 2. The van der Waals surface area contributed by atoms with E-state index in [0.717, 1.165) is 46.0 Å². The third-order valence-corrected chi connectivity index (χ3v) is 5.54. The molecule has 6 nitrogen and oxygen atoms in total. The van der Waals surface area contributed by atoms with E-state index in [9.17, 15) is 4.79 Å². The molecule has 0 bridgehead atoms. The fourth-order valence-corrected chi connectivity index (χ4v) is 3.90. The van der Waals surface area contributed by atoms with Crippen molar-refractivity contribution in [3.63, 3.8) is 0 Å². The van der Waals surface area contributed by atoms with Crippen LogP contribution in [0.1, 0.15) is 22.5 Å². The van der Waals surface area contributed by atoms with Crippen LogP contribution in [0.4, 0.5) is 0 Å². The number of aromatic nitrogens is 4. The molecule has 0 aliphatic carbocycles.